The summed E-state index contributed by atoms with van der Waals surface area (Å²) < 4.78 is 40.5. The molecule has 0 bridgehead atoms. The van der Waals surface area contributed by atoms with Gasteiger partial charge in [0.2, 0.25) is 0 Å². The van der Waals surface area contributed by atoms with E-state index in [-0.39, 0.29) is 5.56 Å². The van der Waals surface area contributed by atoms with E-state index in [1.54, 1.807) is 0 Å². The molecule has 0 aromatic heterocycles. The maximum atomic E-state index is 13.1. The molecule has 1 nitrogen and oxygen atoms in total. The number of ether oxygens (including phenoxy) is 1. The van der Waals surface area contributed by atoms with Gasteiger partial charge in [-0.15, -0.1) is 0 Å². The van der Waals surface area contributed by atoms with Crippen LogP contribution >= 0.6 is 0 Å². The second-order valence-electron chi connectivity index (χ2n) is 2.24. The van der Waals surface area contributed by atoms with E-state index in [2.05, 4.69) is 11.3 Å². The first kappa shape index (κ1) is 9.64. The Hall–Kier alpha value is -1.45. The molecule has 0 spiro atoms. The molecule has 1 rings (SSSR count). The zero-order valence-corrected chi connectivity index (χ0v) is 6.64. The van der Waals surface area contributed by atoms with Gasteiger partial charge in [0, 0.05) is 5.56 Å². The average Bonchev–Trinajstić information content (AvgIpc) is 2.08. The molecule has 0 saturated carbocycles. The summed E-state index contributed by atoms with van der Waals surface area (Å²) >= 11 is 0. The largest absolute Gasteiger partial charge is 0.432 e. The molecule has 0 aliphatic rings. The van der Waals surface area contributed by atoms with Gasteiger partial charge in [-0.3, -0.25) is 0 Å². The normalized spacial score (nSPS) is 10.2. The highest BCUT2D eigenvalue weighted by atomic mass is 19.3. The molecule has 0 heterocycles. The number of alkyl halides is 2. The average molecular weight is 188 g/mol. The van der Waals surface area contributed by atoms with Crippen LogP contribution < -0.4 is 4.74 Å². The Labute approximate surface area is 73.4 Å². The number of rotatable bonds is 3. The molecule has 70 valence electrons. The lowest BCUT2D eigenvalue weighted by Gasteiger charge is -2.06. The summed E-state index contributed by atoms with van der Waals surface area (Å²) in [5, 5.41) is 0. The van der Waals surface area contributed by atoms with Gasteiger partial charge in [0.1, 0.15) is 0 Å². The fraction of sp³-hybridized carbons (Fsp3) is 0.111. The first-order chi connectivity index (χ1) is 6.15. The molecule has 0 unspecified atom stereocenters. The van der Waals surface area contributed by atoms with Gasteiger partial charge < -0.3 is 4.74 Å². The topological polar surface area (TPSA) is 9.23 Å². The lowest BCUT2D eigenvalue weighted by molar-refractivity contribution is -0.0522. The second kappa shape index (κ2) is 3.98. The van der Waals surface area contributed by atoms with Crippen molar-refractivity contribution in [2.45, 2.75) is 6.61 Å². The predicted molar refractivity (Wildman–Crippen MR) is 43.1 cm³/mol. The summed E-state index contributed by atoms with van der Waals surface area (Å²) in [7, 11) is 0. The molecule has 4 heteroatoms. The minimum absolute atomic E-state index is 0.137. The van der Waals surface area contributed by atoms with Crippen molar-refractivity contribution in [1.82, 2.24) is 0 Å². The summed E-state index contributed by atoms with van der Waals surface area (Å²) in [4.78, 5) is 0. The molecule has 0 aliphatic heterocycles. The molecular formula is C9H7F3O. The Balaban J connectivity index is 3.01. The van der Waals surface area contributed by atoms with Crippen molar-refractivity contribution in [1.29, 1.82) is 0 Å². The molecule has 0 fully saturated rings. The molecule has 0 N–H and O–H groups in total. The van der Waals surface area contributed by atoms with Crippen LogP contribution in [-0.2, 0) is 0 Å². The van der Waals surface area contributed by atoms with Crippen LogP contribution in [0.4, 0.5) is 13.2 Å². The highest BCUT2D eigenvalue weighted by Gasteiger charge is 2.10. The summed E-state index contributed by atoms with van der Waals surface area (Å²) in [5.74, 6) is -1.29. The van der Waals surface area contributed by atoms with E-state index >= 15 is 0 Å². The Kier molecular flexibility index (Phi) is 2.95. The predicted octanol–water partition coefficient (Wildman–Crippen LogP) is 3.07. The summed E-state index contributed by atoms with van der Waals surface area (Å²) in [5.41, 5.74) is 0.137. The third kappa shape index (κ3) is 2.24. The molecule has 0 aliphatic carbocycles. The maximum absolute atomic E-state index is 13.1. The summed E-state index contributed by atoms with van der Waals surface area (Å²) in [6.45, 7) is 0.310. The molecular weight excluding hydrogens is 181 g/mol. The van der Waals surface area contributed by atoms with E-state index in [0.29, 0.717) is 0 Å². The first-order valence-electron chi connectivity index (χ1n) is 3.51. The Bertz CT molecular complexity index is 310. The summed E-state index contributed by atoms with van der Waals surface area (Å²) in [6.07, 6.45) is 1.23. The standard InChI is InChI=1S/C9H7F3O/c1-2-6-4-3-5-7(8(6)10)13-9(11)12/h2-5,9H,1H2. The van der Waals surface area contributed by atoms with Gasteiger partial charge >= 0.3 is 6.61 Å². The zero-order valence-electron chi connectivity index (χ0n) is 6.64. The minimum Gasteiger partial charge on any atom is -0.432 e. The van der Waals surface area contributed by atoms with Crippen LogP contribution in [0.2, 0.25) is 0 Å². The maximum Gasteiger partial charge on any atom is 0.387 e. The van der Waals surface area contributed by atoms with Crippen LogP contribution in [0.25, 0.3) is 6.08 Å². The van der Waals surface area contributed by atoms with E-state index < -0.39 is 18.2 Å². The van der Waals surface area contributed by atoms with Crippen molar-refractivity contribution < 1.29 is 17.9 Å². The molecule has 1 aromatic carbocycles. The van der Waals surface area contributed by atoms with E-state index in [1.807, 2.05) is 0 Å². The highest BCUT2D eigenvalue weighted by Crippen LogP contribution is 2.22. The van der Waals surface area contributed by atoms with Gasteiger partial charge in [-0.2, -0.15) is 8.78 Å². The van der Waals surface area contributed by atoms with Crippen LogP contribution in [0.1, 0.15) is 5.56 Å². The van der Waals surface area contributed by atoms with Crippen molar-refractivity contribution in [2.24, 2.45) is 0 Å². The fourth-order valence-corrected chi connectivity index (χ4v) is 0.872. The third-order valence-electron chi connectivity index (χ3n) is 1.43. The monoisotopic (exact) mass is 188 g/mol. The van der Waals surface area contributed by atoms with Crippen LogP contribution in [-0.4, -0.2) is 6.61 Å². The molecule has 0 radical (unpaired) electrons. The van der Waals surface area contributed by atoms with Crippen molar-refractivity contribution in [3.8, 4) is 5.75 Å². The molecule has 0 amide bonds. The number of benzene rings is 1. The zero-order chi connectivity index (χ0) is 9.84. The Morgan fingerprint density at radius 2 is 2.08 bits per heavy atom. The van der Waals surface area contributed by atoms with Gasteiger partial charge in [-0.25, -0.2) is 4.39 Å². The van der Waals surface area contributed by atoms with Crippen molar-refractivity contribution in [3.63, 3.8) is 0 Å². The Morgan fingerprint density at radius 3 is 2.62 bits per heavy atom. The van der Waals surface area contributed by atoms with Gasteiger partial charge in [-0.1, -0.05) is 24.8 Å². The third-order valence-corrected chi connectivity index (χ3v) is 1.43. The number of hydrogen-bond acceptors (Lipinski definition) is 1. The van der Waals surface area contributed by atoms with Crippen molar-refractivity contribution >= 4 is 6.08 Å². The van der Waals surface area contributed by atoms with Crippen LogP contribution in [0.5, 0.6) is 5.75 Å². The fourth-order valence-electron chi connectivity index (χ4n) is 0.872. The molecule has 0 saturated heterocycles. The highest BCUT2D eigenvalue weighted by molar-refractivity contribution is 5.50. The Morgan fingerprint density at radius 1 is 1.38 bits per heavy atom. The SMILES string of the molecule is C=Cc1cccc(OC(F)F)c1F. The van der Waals surface area contributed by atoms with Crippen LogP contribution in [0.3, 0.4) is 0 Å². The van der Waals surface area contributed by atoms with Gasteiger partial charge in [-0.05, 0) is 6.07 Å². The molecule has 1 aromatic rings. The lowest BCUT2D eigenvalue weighted by atomic mass is 10.2. The number of hydrogen-bond donors (Lipinski definition) is 0. The van der Waals surface area contributed by atoms with Gasteiger partial charge in [0.25, 0.3) is 0 Å². The van der Waals surface area contributed by atoms with Gasteiger partial charge in [0.05, 0.1) is 0 Å². The van der Waals surface area contributed by atoms with Crippen molar-refractivity contribution in [2.75, 3.05) is 0 Å². The van der Waals surface area contributed by atoms with E-state index in [0.717, 1.165) is 6.07 Å². The smallest absolute Gasteiger partial charge is 0.387 e. The van der Waals surface area contributed by atoms with Crippen LogP contribution in [0.15, 0.2) is 24.8 Å². The lowest BCUT2D eigenvalue weighted by Crippen LogP contribution is -2.04. The van der Waals surface area contributed by atoms with Crippen molar-refractivity contribution in [3.05, 3.63) is 36.2 Å². The van der Waals surface area contributed by atoms with E-state index in [4.69, 9.17) is 0 Å². The molecule has 0 atom stereocenters. The summed E-state index contributed by atoms with van der Waals surface area (Å²) in [6, 6.07) is 3.97. The van der Waals surface area contributed by atoms with Crippen LogP contribution in [0, 0.1) is 5.82 Å². The second-order valence-corrected chi connectivity index (χ2v) is 2.24. The quantitative estimate of drug-likeness (QED) is 0.708. The van der Waals surface area contributed by atoms with Gasteiger partial charge in [0.15, 0.2) is 11.6 Å². The minimum atomic E-state index is -3.02. The van der Waals surface area contributed by atoms with E-state index in [9.17, 15) is 13.2 Å². The molecule has 13 heavy (non-hydrogen) atoms. The first-order valence-corrected chi connectivity index (χ1v) is 3.51. The number of halogens is 3. The van der Waals surface area contributed by atoms with E-state index in [1.165, 1.54) is 18.2 Å².